The second-order valence-electron chi connectivity index (χ2n) is 5.10. The SMILES string of the molecule is O=C(COC(=O)Cc1ccc(Cl)c(Cl)c1)NCCSc1ccccc1. The molecule has 0 saturated heterocycles. The molecule has 0 radical (unpaired) electrons. The largest absolute Gasteiger partial charge is 0.455 e. The number of benzene rings is 2. The van der Waals surface area contributed by atoms with E-state index in [-0.39, 0.29) is 18.9 Å². The summed E-state index contributed by atoms with van der Waals surface area (Å²) in [6.45, 7) is 0.207. The molecule has 0 saturated carbocycles. The van der Waals surface area contributed by atoms with Crippen LogP contribution in [0.5, 0.6) is 0 Å². The highest BCUT2D eigenvalue weighted by Crippen LogP contribution is 2.22. The zero-order valence-electron chi connectivity index (χ0n) is 13.3. The molecule has 0 fully saturated rings. The second kappa shape index (κ2) is 10.3. The van der Waals surface area contributed by atoms with Crippen LogP contribution in [-0.4, -0.2) is 30.8 Å². The van der Waals surface area contributed by atoms with Crippen molar-refractivity contribution in [2.24, 2.45) is 0 Å². The maximum atomic E-state index is 11.7. The molecule has 0 bridgehead atoms. The van der Waals surface area contributed by atoms with Crippen molar-refractivity contribution in [3.63, 3.8) is 0 Å². The Balaban J connectivity index is 1.62. The topological polar surface area (TPSA) is 55.4 Å². The molecule has 0 atom stereocenters. The third kappa shape index (κ3) is 7.38. The van der Waals surface area contributed by atoms with Gasteiger partial charge in [-0.2, -0.15) is 0 Å². The monoisotopic (exact) mass is 397 g/mol. The summed E-state index contributed by atoms with van der Waals surface area (Å²) in [5.41, 5.74) is 0.680. The number of nitrogens with one attached hydrogen (secondary N) is 1. The van der Waals surface area contributed by atoms with Crippen LogP contribution in [0.3, 0.4) is 0 Å². The molecular weight excluding hydrogens is 381 g/mol. The van der Waals surface area contributed by atoms with Gasteiger partial charge in [0.2, 0.25) is 0 Å². The number of hydrogen-bond donors (Lipinski definition) is 1. The molecule has 0 spiro atoms. The van der Waals surface area contributed by atoms with Gasteiger partial charge in [0, 0.05) is 17.2 Å². The summed E-state index contributed by atoms with van der Waals surface area (Å²) in [7, 11) is 0. The zero-order chi connectivity index (χ0) is 18.1. The molecule has 2 aromatic carbocycles. The first-order valence-corrected chi connectivity index (χ1v) is 9.33. The fourth-order valence-corrected chi connectivity index (χ4v) is 3.05. The van der Waals surface area contributed by atoms with Gasteiger partial charge in [-0.15, -0.1) is 11.8 Å². The molecule has 7 heteroatoms. The number of carbonyl (C=O) groups is 2. The summed E-state index contributed by atoms with van der Waals surface area (Å²) in [5, 5.41) is 3.51. The average Bonchev–Trinajstić information content (AvgIpc) is 2.61. The first kappa shape index (κ1) is 19.6. The van der Waals surface area contributed by atoms with Crippen molar-refractivity contribution in [1.82, 2.24) is 5.32 Å². The van der Waals surface area contributed by atoms with Crippen molar-refractivity contribution in [1.29, 1.82) is 0 Å². The Morgan fingerprint density at radius 1 is 1.04 bits per heavy atom. The van der Waals surface area contributed by atoms with Gasteiger partial charge in [0.15, 0.2) is 6.61 Å². The van der Waals surface area contributed by atoms with E-state index in [1.807, 2.05) is 30.3 Å². The Labute approximate surface area is 160 Å². The Kier molecular flexibility index (Phi) is 8.12. The standard InChI is InChI=1S/C18H17Cl2NO3S/c19-15-7-6-13(10-16(15)20)11-18(23)24-12-17(22)21-8-9-25-14-4-2-1-3-5-14/h1-7,10H,8-9,11-12H2,(H,21,22). The van der Waals surface area contributed by atoms with Crippen LogP contribution in [0.2, 0.25) is 10.0 Å². The van der Waals surface area contributed by atoms with E-state index in [2.05, 4.69) is 5.32 Å². The number of esters is 1. The first-order chi connectivity index (χ1) is 12.0. The lowest BCUT2D eigenvalue weighted by Crippen LogP contribution is -2.30. The van der Waals surface area contributed by atoms with E-state index in [1.165, 1.54) is 0 Å². The van der Waals surface area contributed by atoms with E-state index in [0.717, 1.165) is 10.6 Å². The first-order valence-electron chi connectivity index (χ1n) is 7.58. The minimum Gasteiger partial charge on any atom is -0.455 e. The van der Waals surface area contributed by atoms with E-state index in [1.54, 1.807) is 30.0 Å². The van der Waals surface area contributed by atoms with E-state index >= 15 is 0 Å². The highest BCUT2D eigenvalue weighted by molar-refractivity contribution is 7.99. The quantitative estimate of drug-likeness (QED) is 0.415. The summed E-state index contributed by atoms with van der Waals surface area (Å²) in [6.07, 6.45) is 0.0357. The summed E-state index contributed by atoms with van der Waals surface area (Å²) in [5.74, 6) is -0.0733. The van der Waals surface area contributed by atoms with Gasteiger partial charge < -0.3 is 10.1 Å². The molecule has 0 aliphatic rings. The normalized spacial score (nSPS) is 10.3. The lowest BCUT2D eigenvalue weighted by atomic mass is 10.1. The maximum absolute atomic E-state index is 11.7. The predicted molar refractivity (Wildman–Crippen MR) is 101 cm³/mol. The molecule has 1 N–H and O–H groups in total. The van der Waals surface area contributed by atoms with E-state index in [9.17, 15) is 9.59 Å². The number of thioether (sulfide) groups is 1. The van der Waals surface area contributed by atoms with Crippen molar-refractivity contribution in [3.05, 3.63) is 64.1 Å². The van der Waals surface area contributed by atoms with Gasteiger partial charge in [-0.05, 0) is 29.8 Å². The van der Waals surface area contributed by atoms with Crippen molar-refractivity contribution < 1.29 is 14.3 Å². The van der Waals surface area contributed by atoms with Crippen LogP contribution < -0.4 is 5.32 Å². The number of ether oxygens (including phenoxy) is 1. The summed E-state index contributed by atoms with van der Waals surface area (Å²) < 4.78 is 4.96. The lowest BCUT2D eigenvalue weighted by Gasteiger charge is -2.07. The molecule has 4 nitrogen and oxygen atoms in total. The lowest BCUT2D eigenvalue weighted by molar-refractivity contribution is -0.147. The van der Waals surface area contributed by atoms with Gasteiger partial charge in [-0.1, -0.05) is 47.5 Å². The Morgan fingerprint density at radius 3 is 2.52 bits per heavy atom. The van der Waals surface area contributed by atoms with Gasteiger partial charge in [0.25, 0.3) is 5.91 Å². The molecule has 132 valence electrons. The smallest absolute Gasteiger partial charge is 0.310 e. The van der Waals surface area contributed by atoms with Crippen LogP contribution in [0.15, 0.2) is 53.4 Å². The Bertz CT molecular complexity index is 726. The molecule has 0 aliphatic carbocycles. The Hall–Kier alpha value is -1.69. The minimum atomic E-state index is -0.493. The molecule has 0 heterocycles. The van der Waals surface area contributed by atoms with Crippen LogP contribution in [0.1, 0.15) is 5.56 Å². The molecule has 1 amide bonds. The third-order valence-corrected chi connectivity index (χ3v) is 4.89. The predicted octanol–water partition coefficient (Wildman–Crippen LogP) is 3.99. The Morgan fingerprint density at radius 2 is 1.80 bits per heavy atom. The van der Waals surface area contributed by atoms with Crippen LogP contribution >= 0.6 is 35.0 Å². The van der Waals surface area contributed by atoms with Gasteiger partial charge in [0.1, 0.15) is 0 Å². The van der Waals surface area contributed by atoms with E-state index < -0.39 is 5.97 Å². The van der Waals surface area contributed by atoms with E-state index in [0.29, 0.717) is 22.2 Å². The fourth-order valence-electron chi connectivity index (χ4n) is 1.94. The molecule has 2 aromatic rings. The average molecular weight is 398 g/mol. The van der Waals surface area contributed by atoms with Gasteiger partial charge >= 0.3 is 5.97 Å². The van der Waals surface area contributed by atoms with Gasteiger partial charge in [0.05, 0.1) is 16.5 Å². The van der Waals surface area contributed by atoms with Crippen molar-refractivity contribution in [2.75, 3.05) is 18.9 Å². The van der Waals surface area contributed by atoms with Crippen LogP contribution in [0.25, 0.3) is 0 Å². The summed E-state index contributed by atoms with van der Waals surface area (Å²) in [6, 6.07) is 14.8. The maximum Gasteiger partial charge on any atom is 0.310 e. The number of amides is 1. The van der Waals surface area contributed by atoms with Crippen LogP contribution in [0.4, 0.5) is 0 Å². The molecule has 2 rings (SSSR count). The number of rotatable bonds is 8. The number of halogens is 2. The van der Waals surface area contributed by atoms with E-state index in [4.69, 9.17) is 27.9 Å². The van der Waals surface area contributed by atoms with Crippen LogP contribution in [0, 0.1) is 0 Å². The van der Waals surface area contributed by atoms with Gasteiger partial charge in [-0.25, -0.2) is 0 Å². The fraction of sp³-hybridized carbons (Fsp3) is 0.222. The molecule has 25 heavy (non-hydrogen) atoms. The van der Waals surface area contributed by atoms with Crippen molar-refractivity contribution in [2.45, 2.75) is 11.3 Å². The zero-order valence-corrected chi connectivity index (χ0v) is 15.7. The number of hydrogen-bond acceptors (Lipinski definition) is 4. The minimum absolute atomic E-state index is 0.0357. The summed E-state index contributed by atoms with van der Waals surface area (Å²) in [4.78, 5) is 24.6. The number of carbonyl (C=O) groups excluding carboxylic acids is 2. The molecular formula is C18H17Cl2NO3S. The molecule has 0 aliphatic heterocycles. The third-order valence-electron chi connectivity index (χ3n) is 3.13. The highest BCUT2D eigenvalue weighted by Gasteiger charge is 2.09. The van der Waals surface area contributed by atoms with Crippen molar-refractivity contribution >= 4 is 46.8 Å². The molecule has 0 unspecified atom stereocenters. The van der Waals surface area contributed by atoms with Crippen LogP contribution in [-0.2, 0) is 20.7 Å². The van der Waals surface area contributed by atoms with Crippen molar-refractivity contribution in [3.8, 4) is 0 Å². The summed E-state index contributed by atoms with van der Waals surface area (Å²) >= 11 is 13.4. The van der Waals surface area contributed by atoms with Gasteiger partial charge in [-0.3, -0.25) is 9.59 Å². The second-order valence-corrected chi connectivity index (χ2v) is 7.08. The molecule has 0 aromatic heterocycles. The highest BCUT2D eigenvalue weighted by atomic mass is 35.5.